The highest BCUT2D eigenvalue weighted by Gasteiger charge is 2.38. The van der Waals surface area contributed by atoms with E-state index in [1.54, 1.807) is 48.5 Å². The number of nitrogens with zero attached hydrogens (tertiary/aromatic N) is 7. The largest absolute Gasteiger partial charge is 0.443 e. The highest BCUT2D eigenvalue weighted by Crippen LogP contribution is 2.33. The van der Waals surface area contributed by atoms with Crippen molar-refractivity contribution in [3.8, 4) is 0 Å². The molecule has 2 aliphatic rings. The molecule has 2 aliphatic heterocycles. The van der Waals surface area contributed by atoms with Gasteiger partial charge in [-0.3, -0.25) is 43.6 Å². The molecule has 24 nitrogen and oxygen atoms in total. The number of rotatable bonds is 11. The van der Waals surface area contributed by atoms with Gasteiger partial charge in [0.1, 0.15) is 29.4 Å². The molecule has 24 heteroatoms. The van der Waals surface area contributed by atoms with Gasteiger partial charge in [0, 0.05) is 32.5 Å². The molecule has 4 aromatic rings. The van der Waals surface area contributed by atoms with Gasteiger partial charge in [0.05, 0.1) is 43.5 Å². The highest BCUT2D eigenvalue weighted by molar-refractivity contribution is 6.08. The molecule has 6 atom stereocenters. The van der Waals surface area contributed by atoms with E-state index in [1.165, 1.54) is 21.8 Å². The van der Waals surface area contributed by atoms with Crippen molar-refractivity contribution in [1.82, 2.24) is 39.0 Å². The van der Waals surface area contributed by atoms with Crippen LogP contribution in [0.2, 0.25) is 0 Å². The lowest BCUT2D eigenvalue weighted by Gasteiger charge is -2.27. The van der Waals surface area contributed by atoms with Gasteiger partial charge in [-0.2, -0.15) is 9.97 Å². The number of hydrogen-bond acceptors (Lipinski definition) is 18. The summed E-state index contributed by atoms with van der Waals surface area (Å²) in [6.07, 6.45) is -2.70. The summed E-state index contributed by atoms with van der Waals surface area (Å²) in [7, 11) is 0. The zero-order valence-corrected chi connectivity index (χ0v) is 34.8. The minimum atomic E-state index is -1.09. The number of carbonyl (C=O) groups excluding carboxylic acids is 4. The number of Topliss-reactive ketones (excluding diaryl/α,β-unsaturated/α-hetero) is 1. The number of nitrogens with one attached hydrogen (secondary N) is 3. The van der Waals surface area contributed by atoms with Crippen molar-refractivity contribution < 1.29 is 58.6 Å². The van der Waals surface area contributed by atoms with Crippen LogP contribution in [0, 0.1) is 0 Å². The SMILES string of the molecule is CC(C)(C)OC(=O)N(C(=O)OC(C)(C)C)c1nc2c(ncn2[C@H]2C[C@@H](O)[C@@H](CCO)O2)c(=O)[nH]1.CCC(=O)CC(=O)Nc1nc2c(ncn2[C@H]2C[C@@H](O)[C@@H](CCO)O2)c(=O)[nH]1. The Kier molecular flexibility index (Phi) is 14.4. The predicted octanol–water partition coefficient (Wildman–Crippen LogP) is 1.29. The van der Waals surface area contributed by atoms with E-state index in [-0.39, 0.29) is 85.8 Å². The fraction of sp³-hybridized carbons (Fsp3) is 0.622. The van der Waals surface area contributed by atoms with E-state index >= 15 is 0 Å². The van der Waals surface area contributed by atoms with Crippen LogP contribution in [0.3, 0.4) is 0 Å². The van der Waals surface area contributed by atoms with E-state index in [1.807, 2.05) is 0 Å². The summed E-state index contributed by atoms with van der Waals surface area (Å²) in [6.45, 7) is 11.1. The van der Waals surface area contributed by atoms with Crippen LogP contribution < -0.4 is 21.3 Å². The Morgan fingerprint density at radius 3 is 1.70 bits per heavy atom. The van der Waals surface area contributed by atoms with Crippen LogP contribution in [0.5, 0.6) is 0 Å². The van der Waals surface area contributed by atoms with Crippen molar-refractivity contribution in [2.75, 3.05) is 23.4 Å². The molecule has 0 saturated carbocycles. The molecule has 0 spiro atoms. The third kappa shape index (κ3) is 11.4. The van der Waals surface area contributed by atoms with Crippen LogP contribution in [-0.4, -0.2) is 132 Å². The van der Waals surface area contributed by atoms with Gasteiger partial charge in [0.25, 0.3) is 11.1 Å². The number of imidazole rings is 2. The van der Waals surface area contributed by atoms with Crippen LogP contribution in [0.25, 0.3) is 22.3 Å². The summed E-state index contributed by atoms with van der Waals surface area (Å²) in [5, 5.41) is 40.9. The second-order valence-corrected chi connectivity index (χ2v) is 16.3. The number of fused-ring (bicyclic) bond motifs is 2. The fourth-order valence-corrected chi connectivity index (χ4v) is 6.32. The number of aliphatic hydroxyl groups is 4. The number of aliphatic hydroxyl groups excluding tert-OH is 4. The monoisotopic (exact) mass is 860 g/mol. The van der Waals surface area contributed by atoms with Crippen LogP contribution >= 0.6 is 0 Å². The molecule has 4 aromatic heterocycles. The van der Waals surface area contributed by atoms with Crippen molar-refractivity contribution in [3.63, 3.8) is 0 Å². The van der Waals surface area contributed by atoms with Crippen LogP contribution in [-0.2, 0) is 28.5 Å². The lowest BCUT2D eigenvalue weighted by molar-refractivity contribution is -0.125. The van der Waals surface area contributed by atoms with E-state index in [0.717, 1.165) is 0 Å². The van der Waals surface area contributed by atoms with Crippen LogP contribution in [0.15, 0.2) is 22.2 Å². The van der Waals surface area contributed by atoms with Gasteiger partial charge in [-0.1, -0.05) is 6.92 Å². The summed E-state index contributed by atoms with van der Waals surface area (Å²) < 4.78 is 25.1. The molecular formula is C37H52N10O14. The quantitative estimate of drug-likeness (QED) is 0.104. The van der Waals surface area contributed by atoms with Gasteiger partial charge in [-0.25, -0.2) is 19.6 Å². The van der Waals surface area contributed by atoms with Crippen molar-refractivity contribution in [1.29, 1.82) is 0 Å². The molecule has 0 aromatic carbocycles. The first kappa shape index (κ1) is 46.4. The third-order valence-corrected chi connectivity index (χ3v) is 9.08. The molecule has 0 unspecified atom stereocenters. The number of carbonyl (C=O) groups is 4. The van der Waals surface area contributed by atoms with Crippen molar-refractivity contribution in [3.05, 3.63) is 33.4 Å². The average Bonchev–Trinajstić information content (AvgIpc) is 3.93. The Morgan fingerprint density at radius 2 is 1.26 bits per heavy atom. The van der Waals surface area contributed by atoms with Crippen molar-refractivity contribution in [2.45, 2.75) is 135 Å². The van der Waals surface area contributed by atoms with Gasteiger partial charge in [0.2, 0.25) is 17.8 Å². The Morgan fingerprint density at radius 1 is 0.803 bits per heavy atom. The fourth-order valence-electron chi connectivity index (χ4n) is 6.32. The standard InChI is InChI=1S/C21H31N5O8.C16H21N5O6/c1-20(2,3)33-18(30)26(19(31)34-21(4,5)6)17-23-15-14(16(29)24-17)22-10-25(15)13-9-11(28)12(32-13)7-8-27;1-2-8(23)5-11(25)18-16-19-14-13(15(26)20-16)17-7-21(14)12-6-9(24)10(27-12)3-4-22/h10-13,27-28H,7-9H2,1-6H3,(H,23,24,29);7,9-10,12,22,24H,2-6H2,1H3,(H2,18,19,20,25,26)/t11-,12-,13-;9-,10-,12-/m11/s1. The Hall–Kier alpha value is -5.66. The lowest BCUT2D eigenvalue weighted by Crippen LogP contribution is -2.45. The van der Waals surface area contributed by atoms with E-state index in [0.29, 0.717) is 4.90 Å². The number of amides is 3. The van der Waals surface area contributed by atoms with Gasteiger partial charge >= 0.3 is 12.2 Å². The normalized spacial score (nSPS) is 21.6. The first-order valence-electron chi connectivity index (χ1n) is 19.5. The highest BCUT2D eigenvalue weighted by atomic mass is 16.6. The average molecular weight is 861 g/mol. The Labute approximate surface area is 347 Å². The van der Waals surface area contributed by atoms with Gasteiger partial charge in [0.15, 0.2) is 22.3 Å². The molecular weight excluding hydrogens is 808 g/mol. The maximum absolute atomic E-state index is 12.9. The second-order valence-electron chi connectivity index (χ2n) is 16.3. The number of H-pyrrole nitrogens is 2. The summed E-state index contributed by atoms with van der Waals surface area (Å²) in [5.74, 6) is -1.34. The number of ether oxygens (including phenoxy) is 4. The number of aromatic nitrogens is 8. The predicted molar refractivity (Wildman–Crippen MR) is 212 cm³/mol. The van der Waals surface area contributed by atoms with Gasteiger partial charge < -0.3 is 39.4 Å². The van der Waals surface area contributed by atoms with E-state index in [9.17, 15) is 44.1 Å². The maximum atomic E-state index is 12.9. The third-order valence-electron chi connectivity index (χ3n) is 9.08. The minimum absolute atomic E-state index is 0.0257. The van der Waals surface area contributed by atoms with Crippen molar-refractivity contribution in [2.24, 2.45) is 0 Å². The van der Waals surface area contributed by atoms with Gasteiger partial charge in [-0.15, -0.1) is 4.90 Å². The molecule has 0 bridgehead atoms. The molecule has 3 amide bonds. The van der Waals surface area contributed by atoms with Gasteiger partial charge in [-0.05, 0) is 54.4 Å². The summed E-state index contributed by atoms with van der Waals surface area (Å²) in [4.78, 5) is 95.9. The first-order valence-corrected chi connectivity index (χ1v) is 19.5. The Balaban J connectivity index is 0.000000237. The number of ketones is 1. The topological polar surface area (TPSA) is 329 Å². The van der Waals surface area contributed by atoms with E-state index < -0.39 is 83.2 Å². The summed E-state index contributed by atoms with van der Waals surface area (Å²) >= 11 is 0. The maximum Gasteiger partial charge on any atom is 0.427 e. The van der Waals surface area contributed by atoms with Crippen LogP contribution in [0.1, 0.15) is 99.4 Å². The van der Waals surface area contributed by atoms with Crippen LogP contribution in [0.4, 0.5) is 21.5 Å². The molecule has 6 rings (SSSR count). The minimum Gasteiger partial charge on any atom is -0.443 e. The smallest absolute Gasteiger partial charge is 0.427 e. The molecule has 0 radical (unpaired) electrons. The molecule has 0 aliphatic carbocycles. The second kappa shape index (κ2) is 18.9. The van der Waals surface area contributed by atoms with Crippen molar-refractivity contribution >= 4 is 58.1 Å². The molecule has 7 N–H and O–H groups in total. The molecule has 2 fully saturated rings. The summed E-state index contributed by atoms with van der Waals surface area (Å²) in [5.41, 5.74) is -2.95. The molecule has 334 valence electrons. The lowest BCUT2D eigenvalue weighted by atomic mass is 10.1. The Bertz CT molecular complexity index is 2310. The van der Waals surface area contributed by atoms with E-state index in [4.69, 9.17) is 24.1 Å². The zero-order valence-electron chi connectivity index (χ0n) is 34.8. The number of imide groups is 1. The first-order chi connectivity index (χ1) is 28.6. The molecule has 6 heterocycles. The molecule has 61 heavy (non-hydrogen) atoms. The number of aromatic amines is 2. The zero-order chi connectivity index (χ0) is 45.0. The number of anilines is 2. The van der Waals surface area contributed by atoms with E-state index in [2.05, 4.69) is 35.2 Å². The summed E-state index contributed by atoms with van der Waals surface area (Å²) in [6, 6.07) is 0. The molecule has 2 saturated heterocycles. The number of hydrogen-bond donors (Lipinski definition) is 7.